The molecule has 0 aromatic heterocycles. The summed E-state index contributed by atoms with van der Waals surface area (Å²) in [6.07, 6.45) is 5.62. The molecule has 0 amide bonds. The summed E-state index contributed by atoms with van der Waals surface area (Å²) in [5, 5.41) is 8.21. The second-order valence-electron chi connectivity index (χ2n) is 2.28. The molecule has 0 heterocycles. The van der Waals surface area contributed by atoms with Crippen molar-refractivity contribution in [1.82, 2.24) is 0 Å². The van der Waals surface area contributed by atoms with Crippen molar-refractivity contribution in [1.29, 1.82) is 0 Å². The maximum Gasteiger partial charge on any atom is 0.125 e. The first-order valence-corrected chi connectivity index (χ1v) is 4.14. The molecule has 0 bridgehead atoms. The van der Waals surface area contributed by atoms with E-state index in [1.54, 1.807) is 0 Å². The summed E-state index contributed by atoms with van der Waals surface area (Å²) in [6, 6.07) is 0. The Kier molecular flexibility index (Phi) is 9.92. The minimum absolute atomic E-state index is 0.514. The smallest absolute Gasteiger partial charge is 0.125 e. The first-order valence-electron chi connectivity index (χ1n) is 4.14. The Morgan fingerprint density at radius 2 is 2.00 bits per heavy atom. The minimum Gasteiger partial charge on any atom is -0.315 e. The van der Waals surface area contributed by atoms with E-state index in [1.165, 1.54) is 12.8 Å². The zero-order chi connectivity index (χ0) is 9.07. The first-order chi connectivity index (χ1) is 5.91. The topological polar surface area (TPSA) is 36.9 Å². The van der Waals surface area contributed by atoms with Crippen LogP contribution in [-0.2, 0) is 19.9 Å². The Labute approximate surface area is 72.8 Å². The highest BCUT2D eigenvalue weighted by Crippen LogP contribution is 1.99. The molecule has 72 valence electrons. The predicted octanol–water partition coefficient (Wildman–Crippen LogP) is 2.52. The molecule has 0 N–H and O–H groups in total. The van der Waals surface area contributed by atoms with E-state index in [2.05, 4.69) is 33.4 Å². The SMILES string of the molecule is C=COOOOCCCCCC. The maximum atomic E-state index is 4.59. The summed E-state index contributed by atoms with van der Waals surface area (Å²) < 4.78 is 0. The lowest BCUT2D eigenvalue weighted by Gasteiger charge is -1.99. The Morgan fingerprint density at radius 1 is 1.17 bits per heavy atom. The third kappa shape index (κ3) is 9.42. The van der Waals surface area contributed by atoms with Gasteiger partial charge >= 0.3 is 0 Å². The van der Waals surface area contributed by atoms with E-state index in [9.17, 15) is 0 Å². The van der Waals surface area contributed by atoms with Gasteiger partial charge in [0.25, 0.3) is 0 Å². The molecule has 0 spiro atoms. The van der Waals surface area contributed by atoms with Crippen molar-refractivity contribution in [2.45, 2.75) is 32.6 Å². The van der Waals surface area contributed by atoms with E-state index in [0.29, 0.717) is 6.61 Å². The molecular formula is C8H16O4. The summed E-state index contributed by atoms with van der Waals surface area (Å²) in [5.74, 6) is 0. The van der Waals surface area contributed by atoms with Gasteiger partial charge < -0.3 is 4.89 Å². The van der Waals surface area contributed by atoms with Gasteiger partial charge in [-0.1, -0.05) is 32.8 Å². The van der Waals surface area contributed by atoms with E-state index in [-0.39, 0.29) is 0 Å². The van der Waals surface area contributed by atoms with Crippen LogP contribution in [0, 0.1) is 0 Å². The van der Waals surface area contributed by atoms with Crippen molar-refractivity contribution in [3.63, 3.8) is 0 Å². The highest BCUT2D eigenvalue weighted by molar-refractivity contribution is 4.41. The molecule has 0 atom stereocenters. The van der Waals surface area contributed by atoms with E-state index >= 15 is 0 Å². The largest absolute Gasteiger partial charge is 0.315 e. The number of rotatable bonds is 9. The lowest BCUT2D eigenvalue weighted by Crippen LogP contribution is -1.97. The van der Waals surface area contributed by atoms with Crippen LogP contribution >= 0.6 is 0 Å². The molecular weight excluding hydrogens is 160 g/mol. The zero-order valence-electron chi connectivity index (χ0n) is 7.45. The highest BCUT2D eigenvalue weighted by atomic mass is 17.7. The van der Waals surface area contributed by atoms with E-state index < -0.39 is 0 Å². The molecule has 4 heteroatoms. The average molecular weight is 176 g/mol. The van der Waals surface area contributed by atoms with Gasteiger partial charge in [0.15, 0.2) is 0 Å². The van der Waals surface area contributed by atoms with Gasteiger partial charge in [-0.05, 0) is 11.5 Å². The standard InChI is InChI=1S/C8H16O4/c1-3-5-6-7-8-10-12-11-9-4-2/h4H,2-3,5-8H2,1H3. The fourth-order valence-electron chi connectivity index (χ4n) is 0.685. The van der Waals surface area contributed by atoms with Crippen LogP contribution in [0.5, 0.6) is 0 Å². The van der Waals surface area contributed by atoms with Crippen molar-refractivity contribution in [2.24, 2.45) is 0 Å². The fourth-order valence-corrected chi connectivity index (χ4v) is 0.685. The molecule has 0 aliphatic heterocycles. The minimum atomic E-state index is 0.514. The van der Waals surface area contributed by atoms with E-state index in [0.717, 1.165) is 19.1 Å². The Balaban J connectivity index is 2.77. The number of unbranched alkanes of at least 4 members (excludes halogenated alkanes) is 3. The van der Waals surface area contributed by atoms with Gasteiger partial charge in [-0.3, -0.25) is 0 Å². The number of hydrogen-bond donors (Lipinski definition) is 0. The normalized spacial score (nSPS) is 9.75. The molecule has 0 aliphatic carbocycles. The lowest BCUT2D eigenvalue weighted by molar-refractivity contribution is -0.621. The molecule has 0 unspecified atom stereocenters. The van der Waals surface area contributed by atoms with Gasteiger partial charge in [-0.15, -0.1) is 0 Å². The number of hydrogen-bond acceptors (Lipinski definition) is 4. The summed E-state index contributed by atoms with van der Waals surface area (Å²) in [6.45, 7) is 5.90. The second kappa shape index (κ2) is 10.4. The molecule has 0 fully saturated rings. The average Bonchev–Trinajstić information content (AvgIpc) is 2.10. The summed E-state index contributed by atoms with van der Waals surface area (Å²) in [4.78, 5) is 8.77. The van der Waals surface area contributed by atoms with Crippen molar-refractivity contribution < 1.29 is 19.9 Å². The third-order valence-corrected chi connectivity index (χ3v) is 1.26. The van der Waals surface area contributed by atoms with Gasteiger partial charge in [-0.2, -0.15) is 0 Å². The second-order valence-corrected chi connectivity index (χ2v) is 2.28. The van der Waals surface area contributed by atoms with Gasteiger partial charge in [0.05, 0.1) is 6.61 Å². The first kappa shape index (κ1) is 11.4. The summed E-state index contributed by atoms with van der Waals surface area (Å²) in [5.41, 5.74) is 0. The van der Waals surface area contributed by atoms with Crippen LogP contribution in [0.25, 0.3) is 0 Å². The monoisotopic (exact) mass is 176 g/mol. The molecule has 0 aromatic carbocycles. The van der Waals surface area contributed by atoms with Gasteiger partial charge in [0.2, 0.25) is 0 Å². The van der Waals surface area contributed by atoms with Crippen molar-refractivity contribution >= 4 is 0 Å². The van der Waals surface area contributed by atoms with Crippen molar-refractivity contribution in [2.75, 3.05) is 6.61 Å². The van der Waals surface area contributed by atoms with Crippen LogP contribution in [-0.4, -0.2) is 6.61 Å². The van der Waals surface area contributed by atoms with Gasteiger partial charge in [0.1, 0.15) is 6.26 Å². The lowest BCUT2D eigenvalue weighted by atomic mass is 10.2. The fraction of sp³-hybridized carbons (Fsp3) is 0.750. The van der Waals surface area contributed by atoms with Crippen molar-refractivity contribution in [3.8, 4) is 0 Å². The Hall–Kier alpha value is -0.580. The maximum absolute atomic E-state index is 4.59. The van der Waals surface area contributed by atoms with E-state index in [1.807, 2.05) is 0 Å². The molecule has 0 aliphatic rings. The van der Waals surface area contributed by atoms with Crippen LogP contribution in [0.3, 0.4) is 0 Å². The Morgan fingerprint density at radius 3 is 2.67 bits per heavy atom. The van der Waals surface area contributed by atoms with Crippen LogP contribution in [0.15, 0.2) is 12.8 Å². The zero-order valence-corrected chi connectivity index (χ0v) is 7.45. The van der Waals surface area contributed by atoms with Crippen LogP contribution in [0.2, 0.25) is 0 Å². The van der Waals surface area contributed by atoms with Crippen LogP contribution < -0.4 is 0 Å². The Bertz CT molecular complexity index is 95.1. The molecule has 0 aromatic rings. The molecule has 4 nitrogen and oxygen atoms in total. The summed E-state index contributed by atoms with van der Waals surface area (Å²) >= 11 is 0. The highest BCUT2D eigenvalue weighted by Gasteiger charge is 1.90. The quantitative estimate of drug-likeness (QED) is 0.234. The van der Waals surface area contributed by atoms with Gasteiger partial charge in [0, 0.05) is 5.04 Å². The van der Waals surface area contributed by atoms with Crippen LogP contribution in [0.1, 0.15) is 32.6 Å². The van der Waals surface area contributed by atoms with E-state index in [4.69, 9.17) is 0 Å². The van der Waals surface area contributed by atoms with Gasteiger partial charge in [-0.25, -0.2) is 4.89 Å². The molecule has 0 saturated carbocycles. The third-order valence-electron chi connectivity index (χ3n) is 1.26. The molecule has 0 rings (SSSR count). The predicted molar refractivity (Wildman–Crippen MR) is 43.5 cm³/mol. The molecule has 0 saturated heterocycles. The molecule has 12 heavy (non-hydrogen) atoms. The molecule has 0 radical (unpaired) electrons. The summed E-state index contributed by atoms with van der Waals surface area (Å²) in [7, 11) is 0. The van der Waals surface area contributed by atoms with Crippen LogP contribution in [0.4, 0.5) is 0 Å². The van der Waals surface area contributed by atoms with Crippen molar-refractivity contribution in [3.05, 3.63) is 12.8 Å².